The molecule has 2 heterocycles. The average Bonchev–Trinajstić information content (AvgIpc) is 2.83. The van der Waals surface area contributed by atoms with Crippen molar-refractivity contribution in [1.82, 2.24) is 4.98 Å². The van der Waals surface area contributed by atoms with Gasteiger partial charge in [-0.05, 0) is 65.9 Å². The minimum Gasteiger partial charge on any atom is -0.476 e. The van der Waals surface area contributed by atoms with Crippen molar-refractivity contribution >= 4 is 33.0 Å². The van der Waals surface area contributed by atoms with Gasteiger partial charge in [-0.25, -0.2) is 4.98 Å². The monoisotopic (exact) mass is 352 g/mol. The molecule has 5 heteroatoms. The van der Waals surface area contributed by atoms with E-state index in [1.54, 1.807) is 6.20 Å². The van der Waals surface area contributed by atoms with E-state index in [2.05, 4.69) is 32.3 Å². The van der Waals surface area contributed by atoms with Crippen LogP contribution in [0.4, 0.5) is 5.69 Å². The molecule has 0 fully saturated rings. The zero-order chi connectivity index (χ0) is 13.9. The summed E-state index contributed by atoms with van der Waals surface area (Å²) in [6.07, 6.45) is 5.33. The highest BCUT2D eigenvalue weighted by Gasteiger charge is 2.23. The number of nitrogens with zero attached hydrogens (tertiary/aromatic N) is 1. The Morgan fingerprint density at radius 1 is 1.55 bits per heavy atom. The lowest BCUT2D eigenvalue weighted by Gasteiger charge is -2.25. The molecule has 0 spiro atoms. The third-order valence-electron chi connectivity index (χ3n) is 3.47. The third-order valence-corrected chi connectivity index (χ3v) is 5.18. The lowest BCUT2D eigenvalue weighted by molar-refractivity contribution is 0.328. The number of thiophene rings is 1. The van der Waals surface area contributed by atoms with E-state index in [0.717, 1.165) is 12.1 Å². The standard InChI is InChI=1S/C15H17BrN2OS/c1-2-19-15-12(6-4-8-17-15)18-11-5-3-7-13-10(11)9-14(16)20-13/h4,6,8-9,11,18H,2-3,5,7H2,1H3. The molecule has 0 saturated carbocycles. The van der Waals surface area contributed by atoms with E-state index < -0.39 is 0 Å². The highest BCUT2D eigenvalue weighted by Crippen LogP contribution is 2.40. The summed E-state index contributed by atoms with van der Waals surface area (Å²) in [7, 11) is 0. The number of fused-ring (bicyclic) bond motifs is 1. The maximum absolute atomic E-state index is 5.59. The highest BCUT2D eigenvalue weighted by atomic mass is 79.9. The van der Waals surface area contributed by atoms with Crippen molar-refractivity contribution in [2.24, 2.45) is 0 Å². The van der Waals surface area contributed by atoms with Crippen LogP contribution in [0.3, 0.4) is 0 Å². The van der Waals surface area contributed by atoms with Gasteiger partial charge in [0.25, 0.3) is 0 Å². The summed E-state index contributed by atoms with van der Waals surface area (Å²) in [6.45, 7) is 2.61. The molecule has 3 nitrogen and oxygen atoms in total. The Balaban J connectivity index is 1.85. The van der Waals surface area contributed by atoms with Crippen molar-refractivity contribution in [2.75, 3.05) is 11.9 Å². The molecule has 3 rings (SSSR count). The van der Waals surface area contributed by atoms with E-state index in [4.69, 9.17) is 4.74 Å². The number of pyridine rings is 1. The van der Waals surface area contributed by atoms with E-state index >= 15 is 0 Å². The molecular formula is C15H17BrN2OS. The summed E-state index contributed by atoms with van der Waals surface area (Å²) >= 11 is 5.45. The first-order valence-corrected chi connectivity index (χ1v) is 8.51. The number of halogens is 1. The molecule has 1 atom stereocenters. The molecule has 0 radical (unpaired) electrons. The largest absolute Gasteiger partial charge is 0.476 e. The smallest absolute Gasteiger partial charge is 0.237 e. The van der Waals surface area contributed by atoms with Gasteiger partial charge in [0.2, 0.25) is 5.88 Å². The van der Waals surface area contributed by atoms with Gasteiger partial charge in [0.15, 0.2) is 0 Å². The fourth-order valence-corrected chi connectivity index (χ4v) is 4.43. The number of aryl methyl sites for hydroxylation is 1. The van der Waals surface area contributed by atoms with Crippen molar-refractivity contribution in [2.45, 2.75) is 32.2 Å². The summed E-state index contributed by atoms with van der Waals surface area (Å²) in [5.74, 6) is 0.691. The summed E-state index contributed by atoms with van der Waals surface area (Å²) < 4.78 is 6.81. The van der Waals surface area contributed by atoms with Crippen molar-refractivity contribution < 1.29 is 4.74 Å². The molecule has 2 aromatic heterocycles. The van der Waals surface area contributed by atoms with Gasteiger partial charge in [-0.15, -0.1) is 11.3 Å². The number of anilines is 1. The maximum Gasteiger partial charge on any atom is 0.237 e. The van der Waals surface area contributed by atoms with Crippen LogP contribution in [0.15, 0.2) is 28.2 Å². The van der Waals surface area contributed by atoms with Gasteiger partial charge < -0.3 is 10.1 Å². The summed E-state index contributed by atoms with van der Waals surface area (Å²) in [5.41, 5.74) is 2.40. The average molecular weight is 353 g/mol. The molecule has 0 aromatic carbocycles. The van der Waals surface area contributed by atoms with E-state index in [-0.39, 0.29) is 0 Å². The highest BCUT2D eigenvalue weighted by molar-refractivity contribution is 9.11. The van der Waals surface area contributed by atoms with Crippen molar-refractivity contribution in [3.63, 3.8) is 0 Å². The first-order valence-electron chi connectivity index (χ1n) is 6.90. The van der Waals surface area contributed by atoms with Crippen molar-refractivity contribution in [1.29, 1.82) is 0 Å². The van der Waals surface area contributed by atoms with Crippen LogP contribution >= 0.6 is 27.3 Å². The second-order valence-corrected chi connectivity index (χ2v) is 7.32. The predicted octanol–water partition coefficient (Wildman–Crippen LogP) is 4.79. The molecule has 1 aliphatic carbocycles. The number of hydrogen-bond donors (Lipinski definition) is 1. The van der Waals surface area contributed by atoms with Crippen molar-refractivity contribution in [3.8, 4) is 5.88 Å². The van der Waals surface area contributed by atoms with Crippen LogP contribution < -0.4 is 10.1 Å². The van der Waals surface area contributed by atoms with Gasteiger partial charge in [0, 0.05) is 11.1 Å². The molecule has 0 bridgehead atoms. The van der Waals surface area contributed by atoms with Gasteiger partial charge >= 0.3 is 0 Å². The van der Waals surface area contributed by atoms with E-state index in [0.29, 0.717) is 18.5 Å². The third kappa shape index (κ3) is 2.83. The number of ether oxygens (including phenoxy) is 1. The molecule has 1 unspecified atom stereocenters. The van der Waals surface area contributed by atoms with Crippen LogP contribution in [0.2, 0.25) is 0 Å². The second-order valence-electron chi connectivity index (χ2n) is 4.81. The Bertz CT molecular complexity index is 599. The van der Waals surface area contributed by atoms with Crippen LogP contribution in [0, 0.1) is 0 Å². The van der Waals surface area contributed by atoms with Gasteiger partial charge in [-0.2, -0.15) is 0 Å². The molecule has 0 aliphatic heterocycles. The Hall–Kier alpha value is -1.07. The number of aromatic nitrogens is 1. The minimum atomic E-state index is 0.352. The Kier molecular flexibility index (Phi) is 4.27. The predicted molar refractivity (Wildman–Crippen MR) is 86.7 cm³/mol. The van der Waals surface area contributed by atoms with Gasteiger partial charge in [-0.3, -0.25) is 0 Å². The van der Waals surface area contributed by atoms with Gasteiger partial charge in [0.05, 0.1) is 22.1 Å². The van der Waals surface area contributed by atoms with Crippen LogP contribution in [0.1, 0.15) is 36.2 Å². The van der Waals surface area contributed by atoms with E-state index in [1.165, 1.54) is 27.1 Å². The fourth-order valence-electron chi connectivity index (χ4n) is 2.61. The Morgan fingerprint density at radius 3 is 3.30 bits per heavy atom. The molecular weight excluding hydrogens is 336 g/mol. The first-order chi connectivity index (χ1) is 9.78. The Morgan fingerprint density at radius 2 is 2.45 bits per heavy atom. The molecule has 20 heavy (non-hydrogen) atoms. The molecule has 1 aliphatic rings. The minimum absolute atomic E-state index is 0.352. The molecule has 1 N–H and O–H groups in total. The summed E-state index contributed by atoms with van der Waals surface area (Å²) in [4.78, 5) is 5.79. The normalized spacial score (nSPS) is 17.6. The lowest BCUT2D eigenvalue weighted by Crippen LogP contribution is -2.16. The topological polar surface area (TPSA) is 34.1 Å². The van der Waals surface area contributed by atoms with Gasteiger partial charge in [-0.1, -0.05) is 0 Å². The number of nitrogens with one attached hydrogen (secondary N) is 1. The first kappa shape index (κ1) is 13.9. The number of rotatable bonds is 4. The quantitative estimate of drug-likeness (QED) is 0.858. The summed E-state index contributed by atoms with van der Waals surface area (Å²) in [6, 6.07) is 6.57. The zero-order valence-corrected chi connectivity index (χ0v) is 13.8. The van der Waals surface area contributed by atoms with Crippen molar-refractivity contribution in [3.05, 3.63) is 38.6 Å². The summed E-state index contributed by atoms with van der Waals surface area (Å²) in [5, 5.41) is 3.60. The van der Waals surface area contributed by atoms with Crippen LogP contribution in [-0.4, -0.2) is 11.6 Å². The lowest BCUT2D eigenvalue weighted by atomic mass is 9.94. The number of hydrogen-bond acceptors (Lipinski definition) is 4. The molecule has 0 saturated heterocycles. The van der Waals surface area contributed by atoms with Gasteiger partial charge in [0.1, 0.15) is 0 Å². The maximum atomic E-state index is 5.59. The fraction of sp³-hybridized carbons (Fsp3) is 0.400. The van der Waals surface area contributed by atoms with E-state index in [9.17, 15) is 0 Å². The Labute approximate surface area is 131 Å². The molecule has 0 amide bonds. The van der Waals surface area contributed by atoms with Crippen LogP contribution in [0.25, 0.3) is 0 Å². The molecule has 2 aromatic rings. The van der Waals surface area contributed by atoms with E-state index in [1.807, 2.05) is 30.4 Å². The second kappa shape index (κ2) is 6.14. The molecule has 106 valence electrons. The zero-order valence-electron chi connectivity index (χ0n) is 11.4. The van der Waals surface area contributed by atoms with Crippen LogP contribution in [-0.2, 0) is 6.42 Å². The van der Waals surface area contributed by atoms with Crippen LogP contribution in [0.5, 0.6) is 5.88 Å². The SMILES string of the molecule is CCOc1ncccc1NC1CCCc2sc(Br)cc21.